The number of hydrogen-bond donors (Lipinski definition) is 1. The fourth-order valence-electron chi connectivity index (χ4n) is 2.79. The maximum absolute atomic E-state index is 12.6. The van der Waals surface area contributed by atoms with Crippen LogP contribution in [0.4, 0.5) is 13.2 Å². The van der Waals surface area contributed by atoms with Crippen LogP contribution >= 0.6 is 11.6 Å². The summed E-state index contributed by atoms with van der Waals surface area (Å²) in [6, 6.07) is 5.11. The van der Waals surface area contributed by atoms with Crippen LogP contribution in [0, 0.1) is 19.3 Å². The Balaban J connectivity index is 1.91. The first kappa shape index (κ1) is 21.3. The van der Waals surface area contributed by atoms with Crippen LogP contribution in [0.3, 0.4) is 0 Å². The van der Waals surface area contributed by atoms with Crippen LogP contribution in [0.15, 0.2) is 24.3 Å². The van der Waals surface area contributed by atoms with Crippen molar-refractivity contribution in [2.75, 3.05) is 6.54 Å². The second kappa shape index (κ2) is 7.92. The molecule has 2 rings (SSSR count). The maximum Gasteiger partial charge on any atom is 0.416 e. The van der Waals surface area contributed by atoms with Gasteiger partial charge >= 0.3 is 6.18 Å². The summed E-state index contributed by atoms with van der Waals surface area (Å²) in [5.74, 6) is -0.197. The number of nitrogens with one attached hydrogen (secondary N) is 1. The van der Waals surface area contributed by atoms with E-state index in [1.165, 1.54) is 12.1 Å². The molecule has 1 amide bonds. The molecule has 148 valence electrons. The van der Waals surface area contributed by atoms with E-state index >= 15 is 0 Å². The van der Waals surface area contributed by atoms with E-state index in [2.05, 4.69) is 10.4 Å². The van der Waals surface area contributed by atoms with Gasteiger partial charge in [0.2, 0.25) is 5.91 Å². The van der Waals surface area contributed by atoms with Gasteiger partial charge in [-0.1, -0.05) is 37.6 Å². The van der Waals surface area contributed by atoms with Crippen molar-refractivity contribution >= 4 is 17.5 Å². The number of amides is 1. The highest BCUT2D eigenvalue weighted by Gasteiger charge is 2.30. The summed E-state index contributed by atoms with van der Waals surface area (Å²) < 4.78 is 39.5. The molecule has 0 aliphatic rings. The van der Waals surface area contributed by atoms with Crippen molar-refractivity contribution in [1.29, 1.82) is 0 Å². The number of alkyl halides is 3. The molecule has 0 aliphatic heterocycles. The molecule has 1 heterocycles. The Hall–Kier alpha value is -2.02. The third-order valence-electron chi connectivity index (χ3n) is 4.31. The Bertz CT molecular complexity index is 811. The minimum Gasteiger partial charge on any atom is -0.354 e. The number of hydrogen-bond acceptors (Lipinski definition) is 2. The van der Waals surface area contributed by atoms with E-state index in [0.717, 1.165) is 23.4 Å². The lowest BCUT2D eigenvalue weighted by Crippen LogP contribution is -2.37. The van der Waals surface area contributed by atoms with Crippen molar-refractivity contribution in [2.24, 2.45) is 5.41 Å². The lowest BCUT2D eigenvalue weighted by molar-refractivity contribution is -0.137. The van der Waals surface area contributed by atoms with Crippen molar-refractivity contribution in [1.82, 2.24) is 15.1 Å². The second-order valence-corrected chi connectivity index (χ2v) is 7.83. The van der Waals surface area contributed by atoms with Gasteiger partial charge in [-0.05, 0) is 43.4 Å². The number of carbonyl (C=O) groups excluding carboxylic acids is 1. The van der Waals surface area contributed by atoms with E-state index in [1.807, 2.05) is 13.8 Å². The molecule has 8 heteroatoms. The fraction of sp³-hybridized carbons (Fsp3) is 0.474. The minimum absolute atomic E-state index is 0.0652. The summed E-state index contributed by atoms with van der Waals surface area (Å²) in [5.41, 5.74) is 1.20. The third-order valence-corrected chi connectivity index (χ3v) is 4.86. The molecule has 1 aromatic heterocycles. The summed E-state index contributed by atoms with van der Waals surface area (Å²) in [6.45, 7) is 7.92. The monoisotopic (exact) mass is 401 g/mol. The first-order valence-corrected chi connectivity index (χ1v) is 8.89. The molecule has 0 spiro atoms. The number of carbonyl (C=O) groups is 1. The van der Waals surface area contributed by atoms with Gasteiger partial charge in [0.15, 0.2) is 0 Å². The average Bonchev–Trinajstić information content (AvgIpc) is 2.79. The van der Waals surface area contributed by atoms with E-state index < -0.39 is 11.7 Å². The van der Waals surface area contributed by atoms with Gasteiger partial charge in [-0.3, -0.25) is 9.48 Å². The van der Waals surface area contributed by atoms with Crippen molar-refractivity contribution in [2.45, 2.75) is 46.8 Å². The second-order valence-electron chi connectivity index (χ2n) is 7.45. The van der Waals surface area contributed by atoms with E-state index in [4.69, 9.17) is 11.6 Å². The quantitative estimate of drug-likeness (QED) is 0.771. The molecule has 0 atom stereocenters. The van der Waals surface area contributed by atoms with Crippen molar-refractivity contribution in [3.8, 4) is 0 Å². The van der Waals surface area contributed by atoms with Crippen molar-refractivity contribution in [3.05, 3.63) is 51.8 Å². The largest absolute Gasteiger partial charge is 0.416 e. The summed E-state index contributed by atoms with van der Waals surface area (Å²) >= 11 is 6.08. The molecule has 1 aromatic carbocycles. The molecular formula is C19H23ClF3N3O. The van der Waals surface area contributed by atoms with Crippen LogP contribution in [-0.2, 0) is 23.9 Å². The zero-order chi connectivity index (χ0) is 20.4. The first-order chi connectivity index (χ1) is 12.4. The molecule has 0 fully saturated rings. The van der Waals surface area contributed by atoms with Gasteiger partial charge in [-0.2, -0.15) is 18.3 Å². The minimum atomic E-state index is -4.34. The fourth-order valence-corrected chi connectivity index (χ4v) is 2.92. The van der Waals surface area contributed by atoms with Crippen LogP contribution in [0.5, 0.6) is 0 Å². The van der Waals surface area contributed by atoms with E-state index in [-0.39, 0.29) is 17.9 Å². The molecule has 0 aliphatic carbocycles. The van der Waals surface area contributed by atoms with E-state index in [9.17, 15) is 18.0 Å². The molecule has 0 bridgehead atoms. The number of benzene rings is 1. The Labute approximate surface area is 161 Å². The molecule has 1 N–H and O–H groups in total. The number of rotatable bonds is 6. The standard InChI is InChI=1S/C19H23ClF3N3O/c1-12-17(20)13(2)26(25-12)10-16(27)24-11-18(3,4)9-14-5-7-15(8-6-14)19(21,22)23/h5-8H,9-11H2,1-4H3,(H,24,27). The predicted octanol–water partition coefficient (Wildman–Crippen LogP) is 4.56. The molecule has 27 heavy (non-hydrogen) atoms. The summed E-state index contributed by atoms with van der Waals surface area (Å²) in [4.78, 5) is 12.2. The Morgan fingerprint density at radius 3 is 2.26 bits per heavy atom. The number of aryl methyl sites for hydroxylation is 1. The lowest BCUT2D eigenvalue weighted by atomic mass is 9.85. The molecular weight excluding hydrogens is 379 g/mol. The Kier molecular flexibility index (Phi) is 6.24. The first-order valence-electron chi connectivity index (χ1n) is 8.51. The third kappa shape index (κ3) is 5.73. The normalized spacial score (nSPS) is 12.3. The molecule has 2 aromatic rings. The average molecular weight is 402 g/mol. The highest BCUT2D eigenvalue weighted by molar-refractivity contribution is 6.31. The van der Waals surface area contributed by atoms with Gasteiger partial charge in [-0.15, -0.1) is 0 Å². The molecule has 0 saturated carbocycles. The number of halogens is 4. The molecule has 0 unspecified atom stereocenters. The molecule has 4 nitrogen and oxygen atoms in total. The highest BCUT2D eigenvalue weighted by atomic mass is 35.5. The predicted molar refractivity (Wildman–Crippen MR) is 98.6 cm³/mol. The van der Waals surface area contributed by atoms with Gasteiger partial charge in [0.05, 0.1) is 22.0 Å². The summed E-state index contributed by atoms with van der Waals surface area (Å²) in [7, 11) is 0. The van der Waals surface area contributed by atoms with Crippen LogP contribution in [-0.4, -0.2) is 22.2 Å². The van der Waals surface area contributed by atoms with E-state index in [1.54, 1.807) is 18.5 Å². The van der Waals surface area contributed by atoms with Crippen LogP contribution in [0.25, 0.3) is 0 Å². The number of aromatic nitrogens is 2. The zero-order valence-electron chi connectivity index (χ0n) is 15.7. The van der Waals surface area contributed by atoms with Crippen molar-refractivity contribution in [3.63, 3.8) is 0 Å². The lowest BCUT2D eigenvalue weighted by Gasteiger charge is -2.25. The Morgan fingerprint density at radius 1 is 1.19 bits per heavy atom. The summed E-state index contributed by atoms with van der Waals surface area (Å²) in [6.07, 6.45) is -3.80. The van der Waals surface area contributed by atoms with Crippen molar-refractivity contribution < 1.29 is 18.0 Å². The SMILES string of the molecule is Cc1nn(CC(=O)NCC(C)(C)Cc2ccc(C(F)(F)F)cc2)c(C)c1Cl. The van der Waals surface area contributed by atoms with E-state index in [0.29, 0.717) is 23.7 Å². The Morgan fingerprint density at radius 2 is 1.78 bits per heavy atom. The van der Waals surface area contributed by atoms with Crippen LogP contribution < -0.4 is 5.32 Å². The molecule has 0 saturated heterocycles. The van der Waals surface area contributed by atoms with Gasteiger partial charge in [-0.25, -0.2) is 0 Å². The van der Waals surface area contributed by atoms with Gasteiger partial charge < -0.3 is 5.32 Å². The van der Waals surface area contributed by atoms with Crippen LogP contribution in [0.2, 0.25) is 5.02 Å². The van der Waals surface area contributed by atoms with Gasteiger partial charge in [0.25, 0.3) is 0 Å². The summed E-state index contributed by atoms with van der Waals surface area (Å²) in [5, 5.41) is 7.63. The number of nitrogens with zero attached hydrogens (tertiary/aromatic N) is 2. The van der Waals surface area contributed by atoms with Gasteiger partial charge in [0, 0.05) is 6.54 Å². The zero-order valence-corrected chi connectivity index (χ0v) is 16.5. The smallest absolute Gasteiger partial charge is 0.354 e. The maximum atomic E-state index is 12.6. The van der Waals surface area contributed by atoms with Crippen LogP contribution in [0.1, 0.15) is 36.4 Å². The highest BCUT2D eigenvalue weighted by Crippen LogP contribution is 2.30. The van der Waals surface area contributed by atoms with Gasteiger partial charge in [0.1, 0.15) is 6.54 Å². The molecule has 0 radical (unpaired) electrons. The topological polar surface area (TPSA) is 46.9 Å².